The number of rotatable bonds is 5. The summed E-state index contributed by atoms with van der Waals surface area (Å²) in [6, 6.07) is 13.0. The fourth-order valence-corrected chi connectivity index (χ4v) is 3.46. The third-order valence-electron chi connectivity index (χ3n) is 5.04. The van der Waals surface area contributed by atoms with Crippen LogP contribution in [0.25, 0.3) is 17.4 Å². The van der Waals surface area contributed by atoms with Crippen LogP contribution < -0.4 is 9.75 Å². The topological polar surface area (TPSA) is 98.2 Å². The molecule has 1 aliphatic heterocycles. The molecule has 2 aromatic carbocycles. The Labute approximate surface area is 188 Å². The number of benzene rings is 2. The number of anilines is 1. The summed E-state index contributed by atoms with van der Waals surface area (Å²) in [5, 5.41) is 17.6. The first-order valence-electron chi connectivity index (χ1n) is 9.59. The summed E-state index contributed by atoms with van der Waals surface area (Å²) in [6.45, 7) is 3.59. The standard InChI is InChI=1S/C23H18ClN3O5/c1-13-4-5-15(10-20(13)24)26-23(28)19(14(2)25-26)11-17-7-9-22(32-17)18-8-6-16(31-3)12-21(18)27(29)30/h4-12H,1-3H3/b19-11-. The molecule has 0 atom stereocenters. The normalized spacial score (nSPS) is 14.8. The van der Waals surface area contributed by atoms with Crippen molar-refractivity contribution in [1.29, 1.82) is 0 Å². The predicted octanol–water partition coefficient (Wildman–Crippen LogP) is 5.63. The van der Waals surface area contributed by atoms with E-state index in [0.717, 1.165) is 5.56 Å². The Morgan fingerprint density at radius 3 is 2.62 bits per heavy atom. The van der Waals surface area contributed by atoms with E-state index in [1.807, 2.05) is 13.0 Å². The second-order valence-electron chi connectivity index (χ2n) is 7.14. The minimum Gasteiger partial charge on any atom is -0.497 e. The fraction of sp³-hybridized carbons (Fsp3) is 0.130. The fourth-order valence-electron chi connectivity index (χ4n) is 3.29. The highest BCUT2D eigenvalue weighted by Gasteiger charge is 2.29. The van der Waals surface area contributed by atoms with Gasteiger partial charge >= 0.3 is 0 Å². The van der Waals surface area contributed by atoms with Crippen LogP contribution in [0.15, 0.2) is 63.6 Å². The van der Waals surface area contributed by atoms with E-state index in [-0.39, 0.29) is 11.6 Å². The van der Waals surface area contributed by atoms with Crippen LogP contribution in [0.2, 0.25) is 5.02 Å². The van der Waals surface area contributed by atoms with E-state index in [4.69, 9.17) is 20.8 Å². The maximum Gasteiger partial charge on any atom is 0.284 e. The smallest absolute Gasteiger partial charge is 0.284 e. The zero-order chi connectivity index (χ0) is 23.0. The molecule has 8 nitrogen and oxygen atoms in total. The van der Waals surface area contributed by atoms with Gasteiger partial charge in [0.1, 0.15) is 17.3 Å². The van der Waals surface area contributed by atoms with Crippen molar-refractivity contribution in [2.75, 3.05) is 12.1 Å². The van der Waals surface area contributed by atoms with Crippen LogP contribution in [-0.4, -0.2) is 23.7 Å². The van der Waals surface area contributed by atoms with E-state index in [9.17, 15) is 14.9 Å². The maximum absolute atomic E-state index is 13.0. The predicted molar refractivity (Wildman–Crippen MR) is 122 cm³/mol. The summed E-state index contributed by atoms with van der Waals surface area (Å²) < 4.78 is 10.9. The van der Waals surface area contributed by atoms with Crippen LogP contribution in [0.5, 0.6) is 5.75 Å². The first-order chi connectivity index (χ1) is 15.3. The van der Waals surface area contributed by atoms with Gasteiger partial charge in [-0.2, -0.15) is 10.1 Å². The molecule has 0 saturated heterocycles. The molecule has 0 bridgehead atoms. The Morgan fingerprint density at radius 2 is 1.94 bits per heavy atom. The molecule has 0 aliphatic carbocycles. The number of nitro groups is 1. The van der Waals surface area contributed by atoms with Crippen molar-refractivity contribution < 1.29 is 18.9 Å². The van der Waals surface area contributed by atoms with Crippen LogP contribution in [0.4, 0.5) is 11.4 Å². The SMILES string of the molecule is COc1ccc(-c2ccc(/C=C3\C(=O)N(c4ccc(C)c(Cl)c4)N=C3C)o2)c([N+](=O)[O-])c1. The van der Waals surface area contributed by atoms with Crippen molar-refractivity contribution in [2.45, 2.75) is 13.8 Å². The molecule has 0 spiro atoms. The molecule has 162 valence electrons. The number of hydrazone groups is 1. The second kappa shape index (κ2) is 8.32. The summed E-state index contributed by atoms with van der Waals surface area (Å²) in [7, 11) is 1.44. The third kappa shape index (κ3) is 3.88. The molecule has 0 saturated carbocycles. The van der Waals surface area contributed by atoms with Gasteiger partial charge in [0.15, 0.2) is 0 Å². The van der Waals surface area contributed by atoms with Gasteiger partial charge in [0.2, 0.25) is 0 Å². The number of nitrogens with zero attached hydrogens (tertiary/aromatic N) is 3. The van der Waals surface area contributed by atoms with Crippen LogP contribution in [0.1, 0.15) is 18.2 Å². The maximum atomic E-state index is 13.0. The zero-order valence-corrected chi connectivity index (χ0v) is 18.2. The molecular weight excluding hydrogens is 434 g/mol. The summed E-state index contributed by atoms with van der Waals surface area (Å²) in [5.41, 5.74) is 2.48. The number of furan rings is 1. The zero-order valence-electron chi connectivity index (χ0n) is 17.5. The van der Waals surface area contributed by atoms with Crippen molar-refractivity contribution in [1.82, 2.24) is 0 Å². The van der Waals surface area contributed by atoms with Crippen molar-refractivity contribution in [2.24, 2.45) is 5.10 Å². The lowest BCUT2D eigenvalue weighted by Gasteiger charge is -2.12. The molecule has 9 heteroatoms. The first-order valence-corrected chi connectivity index (χ1v) is 9.97. The minimum atomic E-state index is -0.500. The Balaban J connectivity index is 1.65. The molecule has 1 amide bonds. The van der Waals surface area contributed by atoms with E-state index >= 15 is 0 Å². The van der Waals surface area contributed by atoms with Gasteiger partial charge in [-0.25, -0.2) is 0 Å². The van der Waals surface area contributed by atoms with Crippen LogP contribution in [-0.2, 0) is 4.79 Å². The average Bonchev–Trinajstić information content (AvgIpc) is 3.35. The van der Waals surface area contributed by atoms with Crippen LogP contribution in [0.3, 0.4) is 0 Å². The van der Waals surface area contributed by atoms with Crippen molar-refractivity contribution in [3.05, 3.63) is 80.6 Å². The van der Waals surface area contributed by atoms with E-state index in [1.165, 1.54) is 18.2 Å². The highest BCUT2D eigenvalue weighted by atomic mass is 35.5. The van der Waals surface area contributed by atoms with Gasteiger partial charge < -0.3 is 9.15 Å². The van der Waals surface area contributed by atoms with Crippen molar-refractivity contribution in [3.63, 3.8) is 0 Å². The number of methoxy groups -OCH3 is 1. The van der Waals surface area contributed by atoms with Crippen molar-refractivity contribution in [3.8, 4) is 17.1 Å². The lowest BCUT2D eigenvalue weighted by molar-refractivity contribution is -0.384. The number of amides is 1. The third-order valence-corrected chi connectivity index (χ3v) is 5.45. The van der Waals surface area contributed by atoms with Crippen LogP contribution in [0, 0.1) is 17.0 Å². The number of carbonyl (C=O) groups is 1. The Morgan fingerprint density at radius 1 is 1.16 bits per heavy atom. The van der Waals surface area contributed by atoms with Gasteiger partial charge in [-0.15, -0.1) is 0 Å². The van der Waals surface area contributed by atoms with Gasteiger partial charge in [0.05, 0.1) is 40.6 Å². The van der Waals surface area contributed by atoms with E-state index in [2.05, 4.69) is 5.10 Å². The van der Waals surface area contributed by atoms with Gasteiger partial charge in [0.25, 0.3) is 11.6 Å². The number of hydrogen-bond donors (Lipinski definition) is 0. The number of halogens is 1. The number of hydrogen-bond acceptors (Lipinski definition) is 6. The summed E-state index contributed by atoms with van der Waals surface area (Å²) >= 11 is 6.19. The number of nitro benzene ring substituents is 1. The lowest BCUT2D eigenvalue weighted by Crippen LogP contribution is -2.21. The number of ether oxygens (including phenoxy) is 1. The molecule has 1 aromatic heterocycles. The largest absolute Gasteiger partial charge is 0.497 e. The number of carbonyl (C=O) groups excluding carboxylic acids is 1. The molecular formula is C23H18ClN3O5. The summed E-state index contributed by atoms with van der Waals surface area (Å²) in [4.78, 5) is 23.9. The molecule has 3 aromatic rings. The highest BCUT2D eigenvalue weighted by molar-refractivity contribution is 6.33. The molecule has 0 N–H and O–H groups in total. The minimum absolute atomic E-state index is 0.144. The number of aryl methyl sites for hydroxylation is 1. The summed E-state index contributed by atoms with van der Waals surface area (Å²) in [6.07, 6.45) is 1.57. The van der Waals surface area contributed by atoms with E-state index in [1.54, 1.807) is 49.4 Å². The van der Waals surface area contributed by atoms with Gasteiger partial charge in [-0.1, -0.05) is 17.7 Å². The van der Waals surface area contributed by atoms with Crippen LogP contribution >= 0.6 is 11.6 Å². The molecule has 4 rings (SSSR count). The second-order valence-corrected chi connectivity index (χ2v) is 7.54. The van der Waals surface area contributed by atoms with Gasteiger partial charge in [-0.3, -0.25) is 14.9 Å². The molecule has 0 unspecified atom stereocenters. The Kier molecular flexibility index (Phi) is 5.54. The van der Waals surface area contributed by atoms with Gasteiger partial charge in [0, 0.05) is 5.02 Å². The highest BCUT2D eigenvalue weighted by Crippen LogP contribution is 2.35. The van der Waals surface area contributed by atoms with Gasteiger partial charge in [-0.05, 0) is 61.9 Å². The van der Waals surface area contributed by atoms with E-state index in [0.29, 0.717) is 44.8 Å². The quantitative estimate of drug-likeness (QED) is 0.284. The van der Waals surface area contributed by atoms with Crippen molar-refractivity contribution >= 4 is 40.7 Å². The molecule has 0 fully saturated rings. The Hall–Kier alpha value is -3.91. The average molecular weight is 452 g/mol. The summed E-state index contributed by atoms with van der Waals surface area (Å²) in [5.74, 6) is 0.713. The monoisotopic (exact) mass is 451 g/mol. The van der Waals surface area contributed by atoms with E-state index < -0.39 is 4.92 Å². The molecule has 2 heterocycles. The lowest BCUT2D eigenvalue weighted by atomic mass is 10.1. The Bertz CT molecular complexity index is 1310. The molecule has 1 aliphatic rings. The molecule has 32 heavy (non-hydrogen) atoms. The molecule has 0 radical (unpaired) electrons. The first kappa shape index (κ1) is 21.3.